The van der Waals surface area contributed by atoms with Gasteiger partial charge in [0.1, 0.15) is 0 Å². The topological polar surface area (TPSA) is 70.0 Å². The lowest BCUT2D eigenvalue weighted by Crippen LogP contribution is -2.32. The summed E-state index contributed by atoms with van der Waals surface area (Å²) >= 11 is 1.73. The molecule has 0 amide bonds. The van der Waals surface area contributed by atoms with Gasteiger partial charge in [-0.15, -0.1) is 0 Å². The number of thioether (sulfide) groups is 1. The molecule has 0 aliphatic heterocycles. The van der Waals surface area contributed by atoms with Gasteiger partial charge in [-0.3, -0.25) is 0 Å². The summed E-state index contributed by atoms with van der Waals surface area (Å²) < 4.78 is 26.7. The second kappa shape index (κ2) is 5.53. The molecule has 0 saturated heterocycles. The second-order valence-corrected chi connectivity index (χ2v) is 7.86. The molecule has 19 heavy (non-hydrogen) atoms. The van der Waals surface area contributed by atoms with E-state index in [0.29, 0.717) is 17.7 Å². The fraction of sp³-hybridized carbons (Fsp3) is 0.462. The van der Waals surface area contributed by atoms with E-state index >= 15 is 0 Å². The summed E-state index contributed by atoms with van der Waals surface area (Å²) in [4.78, 5) is 0. The van der Waals surface area contributed by atoms with Crippen LogP contribution in [-0.2, 0) is 15.8 Å². The normalized spacial score (nSPS) is 16.8. The highest BCUT2D eigenvalue weighted by atomic mass is 32.2. The first-order valence-corrected chi connectivity index (χ1v) is 8.88. The van der Waals surface area contributed by atoms with E-state index in [1.165, 1.54) is 0 Å². The number of sulfonamides is 1. The second-order valence-electron chi connectivity index (χ2n) is 4.78. The van der Waals surface area contributed by atoms with Gasteiger partial charge in [-0.1, -0.05) is 12.1 Å². The van der Waals surface area contributed by atoms with Crippen LogP contribution in [0.1, 0.15) is 24.0 Å². The van der Waals surface area contributed by atoms with E-state index in [2.05, 4.69) is 4.72 Å². The van der Waals surface area contributed by atoms with Gasteiger partial charge >= 0.3 is 0 Å². The van der Waals surface area contributed by atoms with Gasteiger partial charge < -0.3 is 0 Å². The maximum atomic E-state index is 12.0. The minimum atomic E-state index is -3.30. The molecule has 0 aromatic heterocycles. The van der Waals surface area contributed by atoms with Crippen LogP contribution < -0.4 is 4.72 Å². The monoisotopic (exact) mass is 296 g/mol. The average molecular weight is 296 g/mol. The van der Waals surface area contributed by atoms with Crippen LogP contribution in [0.25, 0.3) is 0 Å². The summed E-state index contributed by atoms with van der Waals surface area (Å²) in [5, 5.41) is 8.69. The Bertz CT molecular complexity index is 584. The molecule has 1 aromatic rings. The van der Waals surface area contributed by atoms with E-state index in [1.807, 2.05) is 12.3 Å². The molecule has 0 spiro atoms. The molecule has 0 radical (unpaired) electrons. The highest BCUT2D eigenvalue weighted by molar-refractivity contribution is 8.00. The van der Waals surface area contributed by atoms with Crippen molar-refractivity contribution in [2.24, 2.45) is 0 Å². The maximum absolute atomic E-state index is 12.0. The first-order chi connectivity index (χ1) is 8.99. The molecule has 1 N–H and O–H groups in total. The van der Waals surface area contributed by atoms with E-state index < -0.39 is 10.0 Å². The standard InChI is InChI=1S/C13H16N2O2S2/c1-18-13(6-7-13)10-15-19(16,17)9-12-4-2-11(8-14)3-5-12/h2-5,15H,6-7,9-10H2,1H3. The number of nitrogens with zero attached hydrogens (tertiary/aromatic N) is 1. The zero-order chi connectivity index (χ0) is 13.9. The fourth-order valence-corrected chi connectivity index (χ4v) is 3.83. The number of hydrogen-bond acceptors (Lipinski definition) is 4. The van der Waals surface area contributed by atoms with Gasteiger partial charge in [0.25, 0.3) is 0 Å². The first kappa shape index (κ1) is 14.4. The molecule has 2 rings (SSSR count). The number of benzene rings is 1. The Labute approximate surface area is 118 Å². The Morgan fingerprint density at radius 1 is 1.37 bits per heavy atom. The van der Waals surface area contributed by atoms with Crippen molar-refractivity contribution in [3.63, 3.8) is 0 Å². The first-order valence-electron chi connectivity index (χ1n) is 6.00. The number of rotatable bonds is 6. The van der Waals surface area contributed by atoms with Crippen molar-refractivity contribution in [3.8, 4) is 6.07 Å². The molecule has 0 atom stereocenters. The van der Waals surface area contributed by atoms with Crippen LogP contribution in [0.2, 0.25) is 0 Å². The molecule has 102 valence electrons. The van der Waals surface area contributed by atoms with Crippen molar-refractivity contribution in [2.75, 3.05) is 12.8 Å². The molecule has 1 aromatic carbocycles. The Morgan fingerprint density at radius 3 is 2.47 bits per heavy atom. The lowest BCUT2D eigenvalue weighted by molar-refractivity contribution is 0.579. The van der Waals surface area contributed by atoms with E-state index in [9.17, 15) is 8.42 Å². The van der Waals surface area contributed by atoms with Gasteiger partial charge in [0.05, 0.1) is 17.4 Å². The zero-order valence-electron chi connectivity index (χ0n) is 10.7. The molecule has 1 aliphatic rings. The van der Waals surface area contributed by atoms with Gasteiger partial charge in [0, 0.05) is 11.3 Å². The van der Waals surface area contributed by atoms with Crippen molar-refractivity contribution in [1.29, 1.82) is 5.26 Å². The third-order valence-electron chi connectivity index (χ3n) is 3.29. The molecule has 0 heterocycles. The molecule has 0 bridgehead atoms. The minimum absolute atomic E-state index is 0.0385. The van der Waals surface area contributed by atoms with Crippen molar-refractivity contribution in [1.82, 2.24) is 4.72 Å². The van der Waals surface area contributed by atoms with Gasteiger partial charge in [0.2, 0.25) is 10.0 Å². The van der Waals surface area contributed by atoms with E-state index in [4.69, 9.17) is 5.26 Å². The van der Waals surface area contributed by atoms with Gasteiger partial charge in [-0.2, -0.15) is 17.0 Å². The lowest BCUT2D eigenvalue weighted by Gasteiger charge is -2.13. The molecular weight excluding hydrogens is 280 g/mol. The summed E-state index contributed by atoms with van der Waals surface area (Å²) in [7, 11) is -3.30. The van der Waals surface area contributed by atoms with Crippen LogP contribution in [0.15, 0.2) is 24.3 Å². The van der Waals surface area contributed by atoms with Gasteiger partial charge in [-0.05, 0) is 36.8 Å². The summed E-state index contributed by atoms with van der Waals surface area (Å²) in [6, 6.07) is 8.64. The quantitative estimate of drug-likeness (QED) is 0.870. The summed E-state index contributed by atoms with van der Waals surface area (Å²) in [5.41, 5.74) is 1.23. The van der Waals surface area contributed by atoms with Crippen molar-refractivity contribution >= 4 is 21.8 Å². The number of nitrogens with one attached hydrogen (secondary N) is 1. The van der Waals surface area contributed by atoms with E-state index in [-0.39, 0.29) is 10.5 Å². The van der Waals surface area contributed by atoms with Crippen LogP contribution in [0.3, 0.4) is 0 Å². The van der Waals surface area contributed by atoms with E-state index in [1.54, 1.807) is 36.0 Å². The molecule has 1 aliphatic carbocycles. The van der Waals surface area contributed by atoms with Crippen LogP contribution in [-0.4, -0.2) is 26.0 Å². The molecule has 4 nitrogen and oxygen atoms in total. The number of nitriles is 1. The predicted octanol–water partition coefficient (Wildman–Crippen LogP) is 1.87. The Hall–Kier alpha value is -1.03. The molecule has 0 unspecified atom stereocenters. The summed E-state index contributed by atoms with van der Waals surface area (Å²) in [6.07, 6.45) is 4.17. The Balaban J connectivity index is 1.94. The highest BCUT2D eigenvalue weighted by Crippen LogP contribution is 2.46. The fourth-order valence-electron chi connectivity index (χ4n) is 1.78. The Morgan fingerprint density at radius 2 is 2.00 bits per heavy atom. The largest absolute Gasteiger partial charge is 0.215 e. The maximum Gasteiger partial charge on any atom is 0.215 e. The smallest absolute Gasteiger partial charge is 0.214 e. The van der Waals surface area contributed by atoms with Crippen molar-refractivity contribution in [2.45, 2.75) is 23.3 Å². The highest BCUT2D eigenvalue weighted by Gasteiger charge is 2.42. The van der Waals surface area contributed by atoms with Gasteiger partial charge in [-0.25, -0.2) is 13.1 Å². The molecular formula is C13H16N2O2S2. The SMILES string of the molecule is CSC1(CNS(=O)(=O)Cc2ccc(C#N)cc2)CC1. The zero-order valence-corrected chi connectivity index (χ0v) is 12.4. The van der Waals surface area contributed by atoms with Crippen molar-refractivity contribution < 1.29 is 8.42 Å². The Kier molecular flexibility index (Phi) is 4.19. The van der Waals surface area contributed by atoms with Crippen LogP contribution in [0.5, 0.6) is 0 Å². The molecule has 1 fully saturated rings. The third-order valence-corrected chi connectivity index (χ3v) is 6.01. The van der Waals surface area contributed by atoms with Crippen LogP contribution in [0, 0.1) is 11.3 Å². The predicted molar refractivity (Wildman–Crippen MR) is 77.3 cm³/mol. The van der Waals surface area contributed by atoms with Crippen LogP contribution >= 0.6 is 11.8 Å². The molecule has 6 heteroatoms. The third kappa shape index (κ3) is 3.96. The summed E-state index contributed by atoms with van der Waals surface area (Å²) in [5.74, 6) is -0.0385. The van der Waals surface area contributed by atoms with E-state index in [0.717, 1.165) is 12.8 Å². The molecule has 1 saturated carbocycles. The number of hydrogen-bond donors (Lipinski definition) is 1. The van der Waals surface area contributed by atoms with Crippen LogP contribution in [0.4, 0.5) is 0 Å². The van der Waals surface area contributed by atoms with Gasteiger partial charge in [0.15, 0.2) is 0 Å². The van der Waals surface area contributed by atoms with Crippen molar-refractivity contribution in [3.05, 3.63) is 35.4 Å². The minimum Gasteiger partial charge on any atom is -0.214 e. The average Bonchev–Trinajstić information content (AvgIpc) is 3.18. The summed E-state index contributed by atoms with van der Waals surface area (Å²) in [6.45, 7) is 0.507. The lowest BCUT2D eigenvalue weighted by atomic mass is 10.2.